The van der Waals surface area contributed by atoms with Crippen LogP contribution in [0, 0.1) is 11.8 Å². The lowest BCUT2D eigenvalue weighted by Crippen LogP contribution is -2.31. The molecule has 2 fully saturated rings. The Kier molecular flexibility index (Phi) is 4.74. The SMILES string of the molecule is CN(C)C1C[C@@H]2CC(N(C)Cc3ccc(C(=O)O)cc3)C[C@@H]2C1. The van der Waals surface area contributed by atoms with Gasteiger partial charge in [-0.2, -0.15) is 0 Å². The van der Waals surface area contributed by atoms with E-state index in [0.717, 1.165) is 24.4 Å². The Morgan fingerprint density at radius 2 is 1.52 bits per heavy atom. The third kappa shape index (κ3) is 3.59. The summed E-state index contributed by atoms with van der Waals surface area (Å²) in [5, 5.41) is 8.97. The van der Waals surface area contributed by atoms with Crippen molar-refractivity contribution < 1.29 is 9.90 Å². The van der Waals surface area contributed by atoms with Gasteiger partial charge in [0.25, 0.3) is 0 Å². The predicted octanol–water partition coefficient (Wildman–Crippen LogP) is 2.94. The average molecular weight is 316 g/mol. The molecule has 4 nitrogen and oxygen atoms in total. The smallest absolute Gasteiger partial charge is 0.335 e. The number of fused-ring (bicyclic) bond motifs is 1. The first kappa shape index (κ1) is 16.5. The van der Waals surface area contributed by atoms with Crippen molar-refractivity contribution in [2.24, 2.45) is 11.8 Å². The predicted molar refractivity (Wildman–Crippen MR) is 91.6 cm³/mol. The third-order valence-corrected chi connectivity index (χ3v) is 5.95. The number of hydrogen-bond acceptors (Lipinski definition) is 3. The van der Waals surface area contributed by atoms with Crippen LogP contribution in [0.1, 0.15) is 41.6 Å². The van der Waals surface area contributed by atoms with E-state index in [1.165, 1.54) is 31.2 Å². The number of aromatic carboxylic acids is 1. The molecule has 0 aliphatic heterocycles. The van der Waals surface area contributed by atoms with Crippen LogP contribution in [0.25, 0.3) is 0 Å². The van der Waals surface area contributed by atoms with E-state index in [-0.39, 0.29) is 0 Å². The number of hydrogen-bond donors (Lipinski definition) is 1. The third-order valence-electron chi connectivity index (χ3n) is 5.95. The van der Waals surface area contributed by atoms with Gasteiger partial charge in [0.15, 0.2) is 0 Å². The lowest BCUT2D eigenvalue weighted by molar-refractivity contribution is 0.0697. The van der Waals surface area contributed by atoms with Crippen molar-refractivity contribution in [3.05, 3.63) is 35.4 Å². The Hall–Kier alpha value is -1.39. The van der Waals surface area contributed by atoms with Gasteiger partial charge in [-0.05, 0) is 76.4 Å². The molecule has 2 aliphatic rings. The Labute approximate surface area is 139 Å². The summed E-state index contributed by atoms with van der Waals surface area (Å²) in [6.07, 6.45) is 5.35. The number of carbonyl (C=O) groups is 1. The molecule has 2 saturated carbocycles. The molecule has 3 rings (SSSR count). The zero-order valence-electron chi connectivity index (χ0n) is 14.4. The van der Waals surface area contributed by atoms with Gasteiger partial charge in [0.05, 0.1) is 5.56 Å². The fourth-order valence-electron chi connectivity index (χ4n) is 4.50. The minimum Gasteiger partial charge on any atom is -0.478 e. The number of nitrogens with zero attached hydrogens (tertiary/aromatic N) is 2. The molecule has 0 saturated heterocycles. The van der Waals surface area contributed by atoms with Crippen LogP contribution in [0.3, 0.4) is 0 Å². The second kappa shape index (κ2) is 6.62. The van der Waals surface area contributed by atoms with E-state index in [9.17, 15) is 4.79 Å². The Balaban J connectivity index is 1.54. The van der Waals surface area contributed by atoms with Gasteiger partial charge in [-0.1, -0.05) is 12.1 Å². The standard InChI is InChI=1S/C19H28N2O2/c1-20(2)17-8-15-10-18(11-16(15)9-17)21(3)12-13-4-6-14(7-5-13)19(22)23/h4-7,15-18H,8-12H2,1-3H3,(H,22,23)/t15-,16+,17?,18?. The lowest BCUT2D eigenvalue weighted by atomic mass is 10.0. The van der Waals surface area contributed by atoms with E-state index >= 15 is 0 Å². The van der Waals surface area contributed by atoms with Crippen LogP contribution in [-0.2, 0) is 6.54 Å². The molecule has 0 heterocycles. The van der Waals surface area contributed by atoms with Crippen LogP contribution < -0.4 is 0 Å². The van der Waals surface area contributed by atoms with E-state index in [0.29, 0.717) is 11.6 Å². The summed E-state index contributed by atoms with van der Waals surface area (Å²) in [4.78, 5) is 15.8. The van der Waals surface area contributed by atoms with Gasteiger partial charge < -0.3 is 10.0 Å². The van der Waals surface area contributed by atoms with Crippen molar-refractivity contribution in [2.75, 3.05) is 21.1 Å². The summed E-state index contributed by atoms with van der Waals surface area (Å²) in [5.74, 6) is 0.928. The van der Waals surface area contributed by atoms with Crippen molar-refractivity contribution >= 4 is 5.97 Å². The van der Waals surface area contributed by atoms with Crippen molar-refractivity contribution in [1.29, 1.82) is 0 Å². The maximum Gasteiger partial charge on any atom is 0.335 e. The largest absolute Gasteiger partial charge is 0.478 e. The highest BCUT2D eigenvalue weighted by Crippen LogP contribution is 2.46. The van der Waals surface area contributed by atoms with Crippen molar-refractivity contribution in [1.82, 2.24) is 9.80 Å². The molecular formula is C19H28N2O2. The molecule has 2 aliphatic carbocycles. The maximum absolute atomic E-state index is 10.9. The topological polar surface area (TPSA) is 43.8 Å². The summed E-state index contributed by atoms with van der Waals surface area (Å²) in [6.45, 7) is 0.904. The molecule has 1 aromatic carbocycles. The summed E-state index contributed by atoms with van der Waals surface area (Å²) < 4.78 is 0. The van der Waals surface area contributed by atoms with Crippen LogP contribution >= 0.6 is 0 Å². The fourth-order valence-corrected chi connectivity index (χ4v) is 4.50. The highest BCUT2D eigenvalue weighted by molar-refractivity contribution is 5.87. The van der Waals surface area contributed by atoms with E-state index < -0.39 is 5.97 Å². The molecule has 0 spiro atoms. The number of carboxylic acid groups (broad SMARTS) is 1. The van der Waals surface area contributed by atoms with Crippen molar-refractivity contribution in [3.8, 4) is 0 Å². The number of rotatable bonds is 5. The van der Waals surface area contributed by atoms with Gasteiger partial charge in [-0.15, -0.1) is 0 Å². The zero-order chi connectivity index (χ0) is 16.6. The molecule has 0 amide bonds. The summed E-state index contributed by atoms with van der Waals surface area (Å²) in [7, 11) is 6.62. The number of benzene rings is 1. The molecule has 23 heavy (non-hydrogen) atoms. The second-order valence-corrected chi connectivity index (χ2v) is 7.65. The van der Waals surface area contributed by atoms with Crippen LogP contribution in [0.4, 0.5) is 0 Å². The summed E-state index contributed by atoms with van der Waals surface area (Å²) in [6, 6.07) is 8.75. The highest BCUT2D eigenvalue weighted by atomic mass is 16.4. The summed E-state index contributed by atoms with van der Waals surface area (Å²) >= 11 is 0. The molecule has 1 aromatic rings. The Bertz CT molecular complexity index is 541. The van der Waals surface area contributed by atoms with E-state index in [4.69, 9.17) is 5.11 Å². The average Bonchev–Trinajstić information content (AvgIpc) is 3.06. The molecule has 4 atom stereocenters. The van der Waals surface area contributed by atoms with Gasteiger partial charge >= 0.3 is 5.97 Å². The molecule has 4 heteroatoms. The van der Waals surface area contributed by atoms with Gasteiger partial charge in [-0.3, -0.25) is 4.90 Å². The van der Waals surface area contributed by atoms with E-state index in [2.05, 4.69) is 30.9 Å². The number of carboxylic acids is 1. The van der Waals surface area contributed by atoms with E-state index in [1.807, 2.05) is 12.1 Å². The maximum atomic E-state index is 10.9. The molecular weight excluding hydrogens is 288 g/mol. The Morgan fingerprint density at radius 3 is 2.00 bits per heavy atom. The second-order valence-electron chi connectivity index (χ2n) is 7.65. The molecule has 0 aromatic heterocycles. The first-order chi connectivity index (χ1) is 10.9. The molecule has 1 N–H and O–H groups in total. The van der Waals surface area contributed by atoms with Crippen LogP contribution in [-0.4, -0.2) is 54.1 Å². The van der Waals surface area contributed by atoms with E-state index in [1.54, 1.807) is 12.1 Å². The minimum atomic E-state index is -0.857. The van der Waals surface area contributed by atoms with Crippen LogP contribution in [0.2, 0.25) is 0 Å². The van der Waals surface area contributed by atoms with Gasteiger partial charge in [0, 0.05) is 18.6 Å². The monoisotopic (exact) mass is 316 g/mol. The van der Waals surface area contributed by atoms with Crippen LogP contribution in [0.5, 0.6) is 0 Å². The first-order valence-electron chi connectivity index (χ1n) is 8.63. The fraction of sp³-hybridized carbons (Fsp3) is 0.632. The quantitative estimate of drug-likeness (QED) is 0.907. The minimum absolute atomic E-state index is 0.363. The molecule has 0 radical (unpaired) electrons. The van der Waals surface area contributed by atoms with Gasteiger partial charge in [0.2, 0.25) is 0 Å². The van der Waals surface area contributed by atoms with Gasteiger partial charge in [-0.25, -0.2) is 4.79 Å². The van der Waals surface area contributed by atoms with Crippen molar-refractivity contribution in [2.45, 2.75) is 44.3 Å². The molecule has 2 unspecified atom stereocenters. The van der Waals surface area contributed by atoms with Crippen LogP contribution in [0.15, 0.2) is 24.3 Å². The lowest BCUT2D eigenvalue weighted by Gasteiger charge is -2.27. The first-order valence-corrected chi connectivity index (χ1v) is 8.63. The van der Waals surface area contributed by atoms with Gasteiger partial charge in [0.1, 0.15) is 0 Å². The van der Waals surface area contributed by atoms with Crippen molar-refractivity contribution in [3.63, 3.8) is 0 Å². The normalized spacial score (nSPS) is 30.1. The molecule has 126 valence electrons. The molecule has 0 bridgehead atoms. The zero-order valence-corrected chi connectivity index (χ0v) is 14.4. The Morgan fingerprint density at radius 1 is 1.00 bits per heavy atom. The highest BCUT2D eigenvalue weighted by Gasteiger charge is 2.43. The summed E-state index contributed by atoms with van der Waals surface area (Å²) in [5.41, 5.74) is 1.56.